The maximum absolute atomic E-state index is 12.3. The van der Waals surface area contributed by atoms with Gasteiger partial charge < -0.3 is 0 Å². The molecule has 0 aromatic heterocycles. The summed E-state index contributed by atoms with van der Waals surface area (Å²) < 4.78 is 13.9. The molecule has 0 aliphatic heterocycles. The molecule has 0 radical (unpaired) electrons. The SMILES string of the molecule is C=CCN(c1ccccc1)[S@](=O)C(C)(C)C. The summed E-state index contributed by atoms with van der Waals surface area (Å²) in [6, 6.07) is 9.78. The highest BCUT2D eigenvalue weighted by atomic mass is 32.2. The fourth-order valence-electron chi connectivity index (χ4n) is 1.31. The van der Waals surface area contributed by atoms with Gasteiger partial charge in [-0.2, -0.15) is 0 Å². The van der Waals surface area contributed by atoms with Gasteiger partial charge in [-0.3, -0.25) is 4.31 Å². The van der Waals surface area contributed by atoms with Gasteiger partial charge in [0.1, 0.15) is 11.0 Å². The van der Waals surface area contributed by atoms with Crippen LogP contribution in [0.2, 0.25) is 0 Å². The van der Waals surface area contributed by atoms with Crippen LogP contribution in [0.25, 0.3) is 0 Å². The maximum Gasteiger partial charge on any atom is 0.125 e. The number of nitrogens with zero attached hydrogens (tertiary/aromatic N) is 1. The van der Waals surface area contributed by atoms with Crippen LogP contribution in [0.3, 0.4) is 0 Å². The van der Waals surface area contributed by atoms with Crippen molar-refractivity contribution in [1.29, 1.82) is 0 Å². The van der Waals surface area contributed by atoms with Crippen LogP contribution < -0.4 is 4.31 Å². The van der Waals surface area contributed by atoms with Gasteiger partial charge in [-0.05, 0) is 32.9 Å². The van der Waals surface area contributed by atoms with Crippen LogP contribution in [0.5, 0.6) is 0 Å². The van der Waals surface area contributed by atoms with Crippen molar-refractivity contribution in [3.8, 4) is 0 Å². The lowest BCUT2D eigenvalue weighted by molar-refractivity contribution is 0.646. The number of benzene rings is 1. The second kappa shape index (κ2) is 5.30. The maximum atomic E-state index is 12.3. The van der Waals surface area contributed by atoms with Crippen molar-refractivity contribution in [1.82, 2.24) is 0 Å². The summed E-state index contributed by atoms with van der Waals surface area (Å²) in [5.74, 6) is 0. The summed E-state index contributed by atoms with van der Waals surface area (Å²) in [6.45, 7) is 10.2. The minimum Gasteiger partial charge on any atom is -0.288 e. The molecular formula is C13H19NOS. The van der Waals surface area contributed by atoms with E-state index in [9.17, 15) is 4.21 Å². The molecule has 0 amide bonds. The molecular weight excluding hydrogens is 218 g/mol. The van der Waals surface area contributed by atoms with Crippen LogP contribution in [-0.2, 0) is 11.0 Å². The first kappa shape index (κ1) is 13.0. The first-order chi connectivity index (χ1) is 7.46. The monoisotopic (exact) mass is 237 g/mol. The summed E-state index contributed by atoms with van der Waals surface area (Å²) in [6.07, 6.45) is 1.77. The van der Waals surface area contributed by atoms with E-state index < -0.39 is 11.0 Å². The van der Waals surface area contributed by atoms with E-state index in [1.54, 1.807) is 6.08 Å². The zero-order valence-electron chi connectivity index (χ0n) is 10.1. The van der Waals surface area contributed by atoms with E-state index in [0.29, 0.717) is 6.54 Å². The second-order valence-electron chi connectivity index (χ2n) is 4.55. The van der Waals surface area contributed by atoms with Gasteiger partial charge in [-0.1, -0.05) is 24.3 Å². The molecule has 0 aliphatic carbocycles. The van der Waals surface area contributed by atoms with Gasteiger partial charge in [0.15, 0.2) is 0 Å². The summed E-state index contributed by atoms with van der Waals surface area (Å²) in [7, 11) is -1.06. The van der Waals surface area contributed by atoms with Gasteiger partial charge in [-0.15, -0.1) is 6.58 Å². The standard InChI is InChI=1S/C13H19NOS/c1-5-11-14(16(15)13(2,3)4)12-9-7-6-8-10-12/h5-10H,1,11H2,2-4H3/t16-/m1/s1. The molecule has 3 heteroatoms. The molecule has 1 atom stereocenters. The van der Waals surface area contributed by atoms with E-state index in [0.717, 1.165) is 5.69 Å². The first-order valence-electron chi connectivity index (χ1n) is 5.32. The van der Waals surface area contributed by atoms with E-state index in [1.165, 1.54) is 0 Å². The molecule has 0 unspecified atom stereocenters. The van der Waals surface area contributed by atoms with Crippen LogP contribution >= 0.6 is 0 Å². The van der Waals surface area contributed by atoms with Crippen molar-refractivity contribution in [2.45, 2.75) is 25.5 Å². The van der Waals surface area contributed by atoms with E-state index in [4.69, 9.17) is 0 Å². The Balaban J connectivity index is 3.01. The van der Waals surface area contributed by atoms with E-state index in [1.807, 2.05) is 55.4 Å². The quantitative estimate of drug-likeness (QED) is 0.737. The molecule has 16 heavy (non-hydrogen) atoms. The van der Waals surface area contributed by atoms with Crippen molar-refractivity contribution >= 4 is 16.7 Å². The Kier molecular flexibility index (Phi) is 4.30. The van der Waals surface area contributed by atoms with E-state index in [-0.39, 0.29) is 4.75 Å². The number of anilines is 1. The molecule has 0 spiro atoms. The molecule has 88 valence electrons. The molecule has 0 aliphatic rings. The molecule has 0 saturated heterocycles. The average molecular weight is 237 g/mol. The van der Waals surface area contributed by atoms with E-state index in [2.05, 4.69) is 6.58 Å². The third-order valence-electron chi connectivity index (χ3n) is 2.06. The topological polar surface area (TPSA) is 20.3 Å². The van der Waals surface area contributed by atoms with Crippen molar-refractivity contribution in [3.05, 3.63) is 43.0 Å². The lowest BCUT2D eigenvalue weighted by Gasteiger charge is -2.29. The largest absolute Gasteiger partial charge is 0.288 e. The number of rotatable bonds is 4. The predicted octanol–water partition coefficient (Wildman–Crippen LogP) is 3.14. The lowest BCUT2D eigenvalue weighted by Crippen LogP contribution is -2.37. The van der Waals surface area contributed by atoms with Crippen LogP contribution in [-0.4, -0.2) is 15.5 Å². The highest BCUT2D eigenvalue weighted by Gasteiger charge is 2.25. The van der Waals surface area contributed by atoms with Crippen molar-refractivity contribution in [2.75, 3.05) is 10.8 Å². The lowest BCUT2D eigenvalue weighted by atomic mass is 10.3. The van der Waals surface area contributed by atoms with Crippen LogP contribution in [0.4, 0.5) is 5.69 Å². The Morgan fingerprint density at radius 3 is 2.31 bits per heavy atom. The van der Waals surface area contributed by atoms with Gasteiger partial charge in [0, 0.05) is 12.2 Å². The summed E-state index contributed by atoms with van der Waals surface area (Å²) >= 11 is 0. The Morgan fingerprint density at radius 1 is 1.31 bits per heavy atom. The van der Waals surface area contributed by atoms with Gasteiger partial charge in [0.25, 0.3) is 0 Å². The number of hydrogen-bond acceptors (Lipinski definition) is 1. The smallest absolute Gasteiger partial charge is 0.125 e. The third kappa shape index (κ3) is 3.20. The van der Waals surface area contributed by atoms with Gasteiger partial charge in [-0.25, -0.2) is 4.21 Å². The Morgan fingerprint density at radius 2 is 1.88 bits per heavy atom. The molecule has 2 nitrogen and oxygen atoms in total. The highest BCUT2D eigenvalue weighted by molar-refractivity contribution is 7.87. The minimum atomic E-state index is -1.06. The van der Waals surface area contributed by atoms with Crippen LogP contribution in [0, 0.1) is 0 Å². The molecule has 0 N–H and O–H groups in total. The Hall–Kier alpha value is -1.09. The third-order valence-corrected chi connectivity index (χ3v) is 3.87. The summed E-state index contributed by atoms with van der Waals surface area (Å²) in [5.41, 5.74) is 0.968. The van der Waals surface area contributed by atoms with Crippen molar-refractivity contribution in [3.63, 3.8) is 0 Å². The van der Waals surface area contributed by atoms with Crippen molar-refractivity contribution in [2.24, 2.45) is 0 Å². The normalized spacial score (nSPS) is 13.2. The first-order valence-corrected chi connectivity index (χ1v) is 6.43. The van der Waals surface area contributed by atoms with E-state index >= 15 is 0 Å². The zero-order chi connectivity index (χ0) is 12.2. The molecule has 1 aromatic rings. The van der Waals surface area contributed by atoms with Crippen LogP contribution in [0.15, 0.2) is 43.0 Å². The molecule has 0 saturated carbocycles. The Labute approximate surface area is 101 Å². The average Bonchev–Trinajstić information content (AvgIpc) is 2.25. The molecule has 1 rings (SSSR count). The zero-order valence-corrected chi connectivity index (χ0v) is 11.0. The van der Waals surface area contributed by atoms with Crippen molar-refractivity contribution < 1.29 is 4.21 Å². The number of hydrogen-bond donors (Lipinski definition) is 0. The van der Waals surface area contributed by atoms with Gasteiger partial charge in [0.2, 0.25) is 0 Å². The molecule has 0 bridgehead atoms. The van der Waals surface area contributed by atoms with Gasteiger partial charge >= 0.3 is 0 Å². The predicted molar refractivity (Wildman–Crippen MR) is 71.9 cm³/mol. The number of para-hydroxylation sites is 1. The summed E-state index contributed by atoms with van der Waals surface area (Å²) in [4.78, 5) is 0. The Bertz CT molecular complexity index is 367. The minimum absolute atomic E-state index is 0.265. The second-order valence-corrected chi connectivity index (χ2v) is 6.71. The highest BCUT2D eigenvalue weighted by Crippen LogP contribution is 2.22. The summed E-state index contributed by atoms with van der Waals surface area (Å²) in [5, 5.41) is 0. The molecule has 1 aromatic carbocycles. The fraction of sp³-hybridized carbons (Fsp3) is 0.385. The van der Waals surface area contributed by atoms with Gasteiger partial charge in [0.05, 0.1) is 4.75 Å². The molecule has 0 fully saturated rings. The fourth-order valence-corrected chi connectivity index (χ4v) is 2.53. The molecule has 0 heterocycles. The van der Waals surface area contributed by atoms with Crippen LogP contribution in [0.1, 0.15) is 20.8 Å².